The van der Waals surface area contributed by atoms with Gasteiger partial charge in [-0.15, -0.1) is 10.2 Å². The number of hydrogen-bond acceptors (Lipinski definition) is 2. The van der Waals surface area contributed by atoms with Gasteiger partial charge in [0.1, 0.15) is 5.82 Å². The molecular weight excluding hydrogens is 150 g/mol. The predicted octanol–water partition coefficient (Wildman–Crippen LogP) is 1.82. The lowest BCUT2D eigenvalue weighted by Crippen LogP contribution is -2.02. The second-order valence-electron chi connectivity index (χ2n) is 2.48. The highest BCUT2D eigenvalue weighted by Crippen LogP contribution is 2.13. The van der Waals surface area contributed by atoms with Crippen LogP contribution in [0.1, 0.15) is 25.7 Å². The number of aromatic nitrogens is 3. The van der Waals surface area contributed by atoms with E-state index in [0.29, 0.717) is 11.3 Å². The summed E-state index contributed by atoms with van der Waals surface area (Å²) in [6, 6.07) is 0.336. The third kappa shape index (κ3) is 1.14. The van der Waals surface area contributed by atoms with Gasteiger partial charge in [0.25, 0.3) is 0 Å². The predicted molar refractivity (Wildman–Crippen MR) is 40.2 cm³/mol. The summed E-state index contributed by atoms with van der Waals surface area (Å²) in [6.07, 6.45) is 0. The minimum absolute atomic E-state index is 0.336. The fraction of sp³-hybridized carbons (Fsp3) is 0.667. The van der Waals surface area contributed by atoms with Crippen LogP contribution < -0.4 is 0 Å². The van der Waals surface area contributed by atoms with Gasteiger partial charge in [0.05, 0.1) is 0 Å². The van der Waals surface area contributed by atoms with E-state index in [-0.39, 0.29) is 0 Å². The van der Waals surface area contributed by atoms with Crippen LogP contribution in [-0.4, -0.2) is 14.8 Å². The van der Waals surface area contributed by atoms with E-state index in [4.69, 9.17) is 11.6 Å². The van der Waals surface area contributed by atoms with Gasteiger partial charge in [0.2, 0.25) is 5.28 Å². The Balaban J connectivity index is 3.10. The zero-order chi connectivity index (χ0) is 7.72. The molecule has 0 amide bonds. The highest BCUT2D eigenvalue weighted by molar-refractivity contribution is 6.28. The zero-order valence-electron chi connectivity index (χ0n) is 6.30. The Bertz CT molecular complexity index is 209. The quantitative estimate of drug-likeness (QED) is 0.626. The third-order valence-corrected chi connectivity index (χ3v) is 1.60. The van der Waals surface area contributed by atoms with Gasteiger partial charge in [-0.3, -0.25) is 4.57 Å². The Kier molecular flexibility index (Phi) is 1.94. The van der Waals surface area contributed by atoms with Crippen LogP contribution in [0.5, 0.6) is 0 Å². The van der Waals surface area contributed by atoms with Crippen LogP contribution in [0.3, 0.4) is 0 Å². The molecule has 0 aliphatic carbocycles. The molecule has 0 aromatic carbocycles. The van der Waals surface area contributed by atoms with Gasteiger partial charge in [-0.05, 0) is 32.4 Å². The molecule has 10 heavy (non-hydrogen) atoms. The van der Waals surface area contributed by atoms with Crippen LogP contribution in [0.15, 0.2) is 0 Å². The molecule has 0 spiro atoms. The normalized spacial score (nSPS) is 10.9. The first-order valence-corrected chi connectivity index (χ1v) is 3.57. The Labute approximate surface area is 65.0 Å². The van der Waals surface area contributed by atoms with Gasteiger partial charge in [-0.2, -0.15) is 0 Å². The summed E-state index contributed by atoms with van der Waals surface area (Å²) in [5.74, 6) is 0.861. The number of hydrogen-bond donors (Lipinski definition) is 0. The van der Waals surface area contributed by atoms with E-state index < -0.39 is 0 Å². The van der Waals surface area contributed by atoms with Crippen molar-refractivity contribution in [2.45, 2.75) is 26.8 Å². The first kappa shape index (κ1) is 7.54. The average Bonchev–Trinajstić information content (AvgIpc) is 2.11. The van der Waals surface area contributed by atoms with Crippen LogP contribution in [0.2, 0.25) is 5.28 Å². The minimum atomic E-state index is 0.336. The van der Waals surface area contributed by atoms with Crippen LogP contribution in [0.25, 0.3) is 0 Å². The molecule has 1 aromatic rings. The van der Waals surface area contributed by atoms with Crippen molar-refractivity contribution in [2.24, 2.45) is 0 Å². The molecule has 0 saturated carbocycles. The Morgan fingerprint density at radius 3 is 2.20 bits per heavy atom. The molecule has 0 bridgehead atoms. The van der Waals surface area contributed by atoms with Crippen LogP contribution in [0.4, 0.5) is 0 Å². The van der Waals surface area contributed by atoms with Crippen molar-refractivity contribution in [3.05, 3.63) is 11.1 Å². The minimum Gasteiger partial charge on any atom is -0.299 e. The highest BCUT2D eigenvalue weighted by atomic mass is 35.5. The lowest BCUT2D eigenvalue weighted by Gasteiger charge is -2.07. The molecule has 1 rings (SSSR count). The molecule has 0 aliphatic heterocycles. The van der Waals surface area contributed by atoms with Gasteiger partial charge in [-0.1, -0.05) is 0 Å². The van der Waals surface area contributed by atoms with Gasteiger partial charge >= 0.3 is 0 Å². The van der Waals surface area contributed by atoms with E-state index in [1.165, 1.54) is 0 Å². The smallest absolute Gasteiger partial charge is 0.225 e. The van der Waals surface area contributed by atoms with Crippen molar-refractivity contribution in [3.8, 4) is 0 Å². The van der Waals surface area contributed by atoms with E-state index in [2.05, 4.69) is 10.2 Å². The van der Waals surface area contributed by atoms with E-state index in [9.17, 15) is 0 Å². The van der Waals surface area contributed by atoms with Gasteiger partial charge in [0, 0.05) is 6.04 Å². The number of nitrogens with zero attached hydrogens (tertiary/aromatic N) is 3. The summed E-state index contributed by atoms with van der Waals surface area (Å²) < 4.78 is 1.88. The van der Waals surface area contributed by atoms with Gasteiger partial charge < -0.3 is 0 Å². The van der Waals surface area contributed by atoms with E-state index in [1.54, 1.807) is 0 Å². The van der Waals surface area contributed by atoms with Crippen LogP contribution in [0, 0.1) is 6.92 Å². The Morgan fingerprint density at radius 1 is 1.40 bits per heavy atom. The highest BCUT2D eigenvalue weighted by Gasteiger charge is 2.07. The van der Waals surface area contributed by atoms with Crippen molar-refractivity contribution >= 4 is 11.6 Å². The number of aryl methyl sites for hydroxylation is 1. The van der Waals surface area contributed by atoms with E-state index in [1.807, 2.05) is 25.3 Å². The Hall–Kier alpha value is -0.570. The third-order valence-electron chi connectivity index (χ3n) is 1.34. The van der Waals surface area contributed by atoms with Crippen LogP contribution in [-0.2, 0) is 0 Å². The molecule has 0 atom stereocenters. The van der Waals surface area contributed by atoms with Crippen molar-refractivity contribution in [1.29, 1.82) is 0 Å². The fourth-order valence-corrected chi connectivity index (χ4v) is 1.29. The summed E-state index contributed by atoms with van der Waals surface area (Å²) in [7, 11) is 0. The molecule has 56 valence electrons. The van der Waals surface area contributed by atoms with E-state index >= 15 is 0 Å². The topological polar surface area (TPSA) is 30.7 Å². The average molecular weight is 160 g/mol. The molecule has 3 nitrogen and oxygen atoms in total. The largest absolute Gasteiger partial charge is 0.299 e. The second kappa shape index (κ2) is 2.58. The first-order valence-electron chi connectivity index (χ1n) is 3.20. The molecule has 0 radical (unpaired) electrons. The first-order chi connectivity index (χ1) is 4.63. The van der Waals surface area contributed by atoms with E-state index in [0.717, 1.165) is 5.82 Å². The fourth-order valence-electron chi connectivity index (χ4n) is 0.930. The lowest BCUT2D eigenvalue weighted by molar-refractivity contribution is 0.582. The summed E-state index contributed by atoms with van der Waals surface area (Å²) in [6.45, 7) is 5.98. The molecule has 0 saturated heterocycles. The molecule has 4 heteroatoms. The SMILES string of the molecule is Cc1nnc(Cl)n1C(C)C. The maximum absolute atomic E-state index is 5.73. The molecule has 1 aromatic heterocycles. The van der Waals surface area contributed by atoms with Crippen molar-refractivity contribution in [2.75, 3.05) is 0 Å². The van der Waals surface area contributed by atoms with Crippen LogP contribution >= 0.6 is 11.6 Å². The zero-order valence-corrected chi connectivity index (χ0v) is 7.05. The van der Waals surface area contributed by atoms with Crippen molar-refractivity contribution in [3.63, 3.8) is 0 Å². The molecule has 0 N–H and O–H groups in total. The van der Waals surface area contributed by atoms with Gasteiger partial charge in [-0.25, -0.2) is 0 Å². The maximum Gasteiger partial charge on any atom is 0.225 e. The molecule has 0 fully saturated rings. The maximum atomic E-state index is 5.73. The summed E-state index contributed by atoms with van der Waals surface area (Å²) in [5.41, 5.74) is 0. The summed E-state index contributed by atoms with van der Waals surface area (Å²) >= 11 is 5.73. The Morgan fingerprint density at radius 2 is 2.00 bits per heavy atom. The standard InChI is InChI=1S/C6H10ClN3/c1-4(2)10-5(3)8-9-6(10)7/h4H,1-3H3. The number of rotatable bonds is 1. The monoisotopic (exact) mass is 159 g/mol. The van der Waals surface area contributed by atoms with Crippen molar-refractivity contribution in [1.82, 2.24) is 14.8 Å². The van der Waals surface area contributed by atoms with Gasteiger partial charge in [0.15, 0.2) is 0 Å². The molecular formula is C6H10ClN3. The molecule has 1 heterocycles. The summed E-state index contributed by atoms with van der Waals surface area (Å²) in [5, 5.41) is 8.00. The lowest BCUT2D eigenvalue weighted by atomic mass is 10.4. The van der Waals surface area contributed by atoms with Crippen molar-refractivity contribution < 1.29 is 0 Å². The molecule has 0 unspecified atom stereocenters. The number of halogens is 1. The second-order valence-corrected chi connectivity index (χ2v) is 2.82. The molecule has 0 aliphatic rings. The summed E-state index contributed by atoms with van der Waals surface area (Å²) in [4.78, 5) is 0.